The quantitative estimate of drug-likeness (QED) is 0.787. The summed E-state index contributed by atoms with van der Waals surface area (Å²) in [6, 6.07) is 18.7. The van der Waals surface area contributed by atoms with E-state index in [9.17, 15) is 4.79 Å². The van der Waals surface area contributed by atoms with E-state index in [2.05, 4.69) is 48.5 Å². The van der Waals surface area contributed by atoms with Crippen molar-refractivity contribution in [2.45, 2.75) is 15.5 Å². The van der Waals surface area contributed by atoms with Gasteiger partial charge in [0.25, 0.3) is 0 Å². The lowest BCUT2D eigenvalue weighted by Crippen LogP contribution is -2.59. The molecule has 1 amide bonds. The second kappa shape index (κ2) is 5.86. The van der Waals surface area contributed by atoms with E-state index >= 15 is 0 Å². The molecular formula is C18H15NOS2. The van der Waals surface area contributed by atoms with Crippen molar-refractivity contribution < 1.29 is 4.79 Å². The highest BCUT2D eigenvalue weighted by atomic mass is 32.2. The molecule has 2 aliphatic rings. The van der Waals surface area contributed by atoms with Crippen LogP contribution >= 0.6 is 23.5 Å². The summed E-state index contributed by atoms with van der Waals surface area (Å²) in [4.78, 5) is 15.3. The molecule has 0 aliphatic carbocycles. The molecule has 2 aromatic rings. The van der Waals surface area contributed by atoms with E-state index in [1.807, 2.05) is 35.0 Å². The van der Waals surface area contributed by atoms with Crippen molar-refractivity contribution in [3.8, 4) is 11.1 Å². The van der Waals surface area contributed by atoms with Gasteiger partial charge in [-0.15, -0.1) is 23.5 Å². The summed E-state index contributed by atoms with van der Waals surface area (Å²) in [6.45, 7) is 0. The summed E-state index contributed by atoms with van der Waals surface area (Å²) < 4.78 is 0. The Kier molecular flexibility index (Phi) is 3.72. The molecule has 1 fully saturated rings. The third-order valence-electron chi connectivity index (χ3n) is 3.89. The zero-order valence-electron chi connectivity index (χ0n) is 11.9. The Labute approximate surface area is 138 Å². The van der Waals surface area contributed by atoms with Crippen LogP contribution in [0.15, 0.2) is 71.8 Å². The first-order valence-electron chi connectivity index (χ1n) is 7.26. The summed E-state index contributed by atoms with van der Waals surface area (Å²) in [6.07, 6.45) is 3.99. The predicted octanol–water partition coefficient (Wildman–Crippen LogP) is 4.24. The van der Waals surface area contributed by atoms with Crippen molar-refractivity contribution >= 4 is 29.4 Å². The van der Waals surface area contributed by atoms with E-state index < -0.39 is 0 Å². The van der Waals surface area contributed by atoms with Crippen molar-refractivity contribution in [3.05, 3.63) is 66.9 Å². The third-order valence-corrected chi connectivity index (χ3v) is 6.61. The summed E-state index contributed by atoms with van der Waals surface area (Å²) in [7, 11) is 0. The lowest BCUT2D eigenvalue weighted by Gasteiger charge is -2.46. The number of nitrogens with zero attached hydrogens (tertiary/aromatic N) is 1. The molecule has 0 radical (unpaired) electrons. The molecule has 2 aromatic carbocycles. The van der Waals surface area contributed by atoms with Crippen LogP contribution in [0.5, 0.6) is 0 Å². The van der Waals surface area contributed by atoms with Gasteiger partial charge in [0.1, 0.15) is 10.6 Å². The highest BCUT2D eigenvalue weighted by Crippen LogP contribution is 2.45. The smallest absolute Gasteiger partial charge is 0.244 e. The van der Waals surface area contributed by atoms with Crippen LogP contribution in [0.2, 0.25) is 0 Å². The van der Waals surface area contributed by atoms with Crippen molar-refractivity contribution in [2.24, 2.45) is 0 Å². The first kappa shape index (κ1) is 14.0. The SMILES string of the molecule is O=C1C(Sc2ccccc2-c2ccccc2)[C@@H]2SCC=CN12. The van der Waals surface area contributed by atoms with Gasteiger partial charge in [-0.1, -0.05) is 54.6 Å². The molecule has 0 spiro atoms. The number of hydrogen-bond acceptors (Lipinski definition) is 3. The molecule has 2 heterocycles. The van der Waals surface area contributed by atoms with E-state index in [1.54, 1.807) is 11.8 Å². The molecule has 1 saturated heterocycles. The molecule has 2 atom stereocenters. The van der Waals surface area contributed by atoms with Crippen molar-refractivity contribution in [2.75, 3.05) is 5.75 Å². The fourth-order valence-electron chi connectivity index (χ4n) is 2.77. The lowest BCUT2D eigenvalue weighted by molar-refractivity contribution is -0.136. The largest absolute Gasteiger partial charge is 0.304 e. The van der Waals surface area contributed by atoms with Crippen LogP contribution in [0.4, 0.5) is 0 Å². The summed E-state index contributed by atoms with van der Waals surface area (Å²) in [5, 5.41) is 0.311. The minimum absolute atomic E-state index is 0.0276. The second-order valence-corrected chi connectivity index (χ2v) is 7.59. The van der Waals surface area contributed by atoms with Crippen LogP contribution in [0.3, 0.4) is 0 Å². The normalized spacial score (nSPS) is 23.1. The monoisotopic (exact) mass is 325 g/mol. The lowest BCUT2D eigenvalue weighted by atomic mass is 10.1. The van der Waals surface area contributed by atoms with Crippen LogP contribution in [-0.2, 0) is 4.79 Å². The number of thioether (sulfide) groups is 2. The van der Waals surface area contributed by atoms with Gasteiger partial charge in [0.2, 0.25) is 5.91 Å². The van der Waals surface area contributed by atoms with Crippen molar-refractivity contribution in [1.82, 2.24) is 4.90 Å². The number of fused-ring (bicyclic) bond motifs is 1. The van der Waals surface area contributed by atoms with E-state index in [1.165, 1.54) is 16.0 Å². The van der Waals surface area contributed by atoms with E-state index in [0.717, 1.165) is 5.75 Å². The average molecular weight is 325 g/mol. The highest BCUT2D eigenvalue weighted by molar-refractivity contribution is 8.04. The molecule has 0 bridgehead atoms. The molecule has 4 rings (SSSR count). The summed E-state index contributed by atoms with van der Waals surface area (Å²) >= 11 is 3.54. The Morgan fingerprint density at radius 3 is 2.68 bits per heavy atom. The standard InChI is InChI=1S/C18H15NOS2/c20-17-16(18-19(17)11-6-12-21-18)22-15-10-5-4-9-14(15)13-7-2-1-3-8-13/h1-11,16,18H,12H2/t16?,18-/m0/s1. The van der Waals surface area contributed by atoms with Crippen LogP contribution in [0.1, 0.15) is 0 Å². The number of amides is 1. The molecule has 22 heavy (non-hydrogen) atoms. The minimum atomic E-state index is 0.0276. The van der Waals surface area contributed by atoms with Crippen LogP contribution in [-0.4, -0.2) is 27.2 Å². The third kappa shape index (κ3) is 2.36. The molecule has 2 nitrogen and oxygen atoms in total. The number of carbonyl (C=O) groups is 1. The van der Waals surface area contributed by atoms with Crippen LogP contribution in [0, 0.1) is 0 Å². The average Bonchev–Trinajstić information content (AvgIpc) is 2.60. The zero-order valence-corrected chi connectivity index (χ0v) is 13.5. The van der Waals surface area contributed by atoms with Gasteiger partial charge in [0.05, 0.1) is 0 Å². The van der Waals surface area contributed by atoms with Crippen LogP contribution in [0.25, 0.3) is 11.1 Å². The van der Waals surface area contributed by atoms with Gasteiger partial charge in [-0.25, -0.2) is 0 Å². The number of rotatable bonds is 3. The second-order valence-electron chi connectivity index (χ2n) is 5.25. The maximum Gasteiger partial charge on any atom is 0.244 e. The number of carbonyl (C=O) groups excluding carboxylic acids is 1. The fraction of sp³-hybridized carbons (Fsp3) is 0.167. The van der Waals surface area contributed by atoms with Gasteiger partial charge in [-0.3, -0.25) is 4.79 Å². The van der Waals surface area contributed by atoms with Gasteiger partial charge in [0.15, 0.2) is 0 Å². The molecule has 4 heteroatoms. The van der Waals surface area contributed by atoms with Gasteiger partial charge >= 0.3 is 0 Å². The number of hydrogen-bond donors (Lipinski definition) is 0. The predicted molar refractivity (Wildman–Crippen MR) is 93.8 cm³/mol. The van der Waals surface area contributed by atoms with E-state index in [4.69, 9.17) is 0 Å². The number of β-lactam (4-membered cyclic amide) rings is 1. The maximum absolute atomic E-state index is 12.3. The molecule has 0 saturated carbocycles. The summed E-state index contributed by atoms with van der Waals surface area (Å²) in [5.74, 6) is 1.22. The summed E-state index contributed by atoms with van der Waals surface area (Å²) in [5.41, 5.74) is 2.40. The Hall–Kier alpha value is -1.65. The van der Waals surface area contributed by atoms with Crippen molar-refractivity contribution in [1.29, 1.82) is 0 Å². The molecule has 0 aromatic heterocycles. The van der Waals surface area contributed by atoms with Crippen LogP contribution < -0.4 is 0 Å². The Morgan fingerprint density at radius 1 is 1.05 bits per heavy atom. The topological polar surface area (TPSA) is 20.3 Å². The van der Waals surface area contributed by atoms with Gasteiger partial charge in [-0.2, -0.15) is 0 Å². The molecule has 0 N–H and O–H groups in total. The van der Waals surface area contributed by atoms with Gasteiger partial charge in [0, 0.05) is 16.8 Å². The highest BCUT2D eigenvalue weighted by Gasteiger charge is 2.48. The maximum atomic E-state index is 12.3. The Bertz CT molecular complexity index is 729. The van der Waals surface area contributed by atoms with Gasteiger partial charge in [-0.05, 0) is 17.2 Å². The Morgan fingerprint density at radius 2 is 1.82 bits per heavy atom. The van der Waals surface area contributed by atoms with Crippen molar-refractivity contribution in [3.63, 3.8) is 0 Å². The first-order chi connectivity index (χ1) is 10.8. The van der Waals surface area contributed by atoms with Gasteiger partial charge < -0.3 is 4.90 Å². The molecule has 110 valence electrons. The van der Waals surface area contributed by atoms with E-state index in [0.29, 0.717) is 0 Å². The minimum Gasteiger partial charge on any atom is -0.304 e. The zero-order chi connectivity index (χ0) is 14.9. The molecular weight excluding hydrogens is 310 g/mol. The fourth-order valence-corrected chi connectivity index (χ4v) is 5.40. The molecule has 2 aliphatic heterocycles. The molecule has 1 unspecified atom stereocenters. The number of benzene rings is 2. The first-order valence-corrected chi connectivity index (χ1v) is 9.19. The van der Waals surface area contributed by atoms with E-state index in [-0.39, 0.29) is 16.5 Å². The Balaban J connectivity index is 1.62.